The van der Waals surface area contributed by atoms with E-state index < -0.39 is 0 Å². The fraction of sp³-hybridized carbons (Fsp3) is 0.214. The van der Waals surface area contributed by atoms with Crippen molar-refractivity contribution < 1.29 is 4.74 Å². The van der Waals surface area contributed by atoms with Crippen molar-refractivity contribution in [1.29, 1.82) is 0 Å². The minimum Gasteiger partial charge on any atom is -0.493 e. The number of hydrogen-bond donors (Lipinski definition) is 2. The van der Waals surface area contributed by atoms with Gasteiger partial charge in [0.1, 0.15) is 17.6 Å². The van der Waals surface area contributed by atoms with Gasteiger partial charge in [0, 0.05) is 4.90 Å². The predicted molar refractivity (Wildman–Crippen MR) is 80.5 cm³/mol. The maximum absolute atomic E-state index is 5.80. The number of nitrogen functional groups attached to an aromatic ring is 1. The molecule has 0 fully saturated rings. The standard InChI is InChI=1S/C14H13N5OS/c15-12-11-13(17-7-16-12)19-14(18-11)21-9-4-3-8-2-1-5-20-10(8)6-9/h3-4,6-7H,1-2,5H2,(H3,15,16,17,18,19). The van der Waals surface area contributed by atoms with E-state index in [0.717, 1.165) is 35.2 Å². The third-order valence-corrected chi connectivity index (χ3v) is 4.27. The summed E-state index contributed by atoms with van der Waals surface area (Å²) in [6.45, 7) is 0.790. The van der Waals surface area contributed by atoms with E-state index in [1.165, 1.54) is 23.7 Å². The Morgan fingerprint density at radius 2 is 2.24 bits per heavy atom. The van der Waals surface area contributed by atoms with Crippen LogP contribution in [0.25, 0.3) is 11.2 Å². The summed E-state index contributed by atoms with van der Waals surface area (Å²) in [6, 6.07) is 6.26. The number of nitrogens with one attached hydrogen (secondary N) is 1. The molecular weight excluding hydrogens is 286 g/mol. The zero-order chi connectivity index (χ0) is 14.2. The van der Waals surface area contributed by atoms with E-state index in [1.54, 1.807) is 0 Å². The Morgan fingerprint density at radius 1 is 1.29 bits per heavy atom. The highest BCUT2D eigenvalue weighted by molar-refractivity contribution is 7.99. The van der Waals surface area contributed by atoms with Crippen LogP contribution in [0.1, 0.15) is 12.0 Å². The number of aromatic nitrogens is 4. The average Bonchev–Trinajstić information content (AvgIpc) is 2.91. The number of hydrogen-bond acceptors (Lipinski definition) is 6. The van der Waals surface area contributed by atoms with Crippen LogP contribution in [0.5, 0.6) is 5.75 Å². The number of benzene rings is 1. The summed E-state index contributed by atoms with van der Waals surface area (Å²) < 4.78 is 5.69. The molecule has 3 N–H and O–H groups in total. The van der Waals surface area contributed by atoms with Crippen LogP contribution in [-0.4, -0.2) is 26.5 Å². The molecule has 1 aliphatic rings. The van der Waals surface area contributed by atoms with Gasteiger partial charge in [-0.1, -0.05) is 17.8 Å². The van der Waals surface area contributed by atoms with Crippen LogP contribution in [0.3, 0.4) is 0 Å². The second-order valence-corrected chi connectivity index (χ2v) is 5.89. The molecule has 0 unspecified atom stereocenters. The van der Waals surface area contributed by atoms with E-state index in [2.05, 4.69) is 38.1 Å². The Balaban J connectivity index is 1.66. The van der Waals surface area contributed by atoms with Crippen molar-refractivity contribution >= 4 is 28.7 Å². The van der Waals surface area contributed by atoms with Gasteiger partial charge in [-0.05, 0) is 30.5 Å². The molecule has 0 saturated heterocycles. The van der Waals surface area contributed by atoms with Gasteiger partial charge in [-0.15, -0.1) is 0 Å². The second kappa shape index (κ2) is 4.92. The Kier molecular flexibility index (Phi) is 2.92. The predicted octanol–water partition coefficient (Wildman–Crippen LogP) is 2.41. The lowest BCUT2D eigenvalue weighted by atomic mass is 10.1. The molecule has 2 aromatic heterocycles. The normalized spacial score (nSPS) is 13.9. The molecule has 0 radical (unpaired) electrons. The van der Waals surface area contributed by atoms with Crippen LogP contribution in [-0.2, 0) is 6.42 Å². The number of ether oxygens (including phenoxy) is 1. The molecule has 1 aliphatic heterocycles. The number of nitrogens with two attached hydrogens (primary N) is 1. The number of nitrogens with zero attached hydrogens (tertiary/aromatic N) is 3. The Labute approximate surface area is 125 Å². The highest BCUT2D eigenvalue weighted by atomic mass is 32.2. The van der Waals surface area contributed by atoms with E-state index in [4.69, 9.17) is 10.5 Å². The van der Waals surface area contributed by atoms with Gasteiger partial charge >= 0.3 is 0 Å². The van der Waals surface area contributed by atoms with Gasteiger partial charge in [-0.2, -0.15) is 0 Å². The summed E-state index contributed by atoms with van der Waals surface area (Å²) in [4.78, 5) is 16.7. The van der Waals surface area contributed by atoms with Crippen LogP contribution in [0.15, 0.2) is 34.6 Å². The number of aryl methyl sites for hydroxylation is 1. The van der Waals surface area contributed by atoms with Gasteiger partial charge < -0.3 is 15.5 Å². The highest BCUT2D eigenvalue weighted by Gasteiger charge is 2.13. The molecule has 1 aromatic carbocycles. The molecule has 0 aliphatic carbocycles. The molecular formula is C14H13N5OS. The molecule has 0 spiro atoms. The van der Waals surface area contributed by atoms with Gasteiger partial charge in [-0.25, -0.2) is 15.0 Å². The first-order chi connectivity index (χ1) is 10.3. The summed E-state index contributed by atoms with van der Waals surface area (Å²) in [5.74, 6) is 1.38. The lowest BCUT2D eigenvalue weighted by Crippen LogP contribution is -2.07. The number of fused-ring (bicyclic) bond motifs is 2. The Bertz CT molecular complexity index is 816. The Hall–Kier alpha value is -2.28. The molecule has 0 amide bonds. The lowest BCUT2D eigenvalue weighted by molar-refractivity contribution is 0.287. The average molecular weight is 299 g/mol. The van der Waals surface area contributed by atoms with E-state index in [-0.39, 0.29) is 0 Å². The summed E-state index contributed by atoms with van der Waals surface area (Å²) in [6.07, 6.45) is 3.58. The number of H-pyrrole nitrogens is 1. The summed E-state index contributed by atoms with van der Waals surface area (Å²) in [7, 11) is 0. The fourth-order valence-corrected chi connectivity index (χ4v) is 3.18. The van der Waals surface area contributed by atoms with Crippen LogP contribution in [0, 0.1) is 0 Å². The van der Waals surface area contributed by atoms with Gasteiger partial charge in [0.05, 0.1) is 6.61 Å². The van der Waals surface area contributed by atoms with Crippen molar-refractivity contribution in [2.45, 2.75) is 22.9 Å². The maximum atomic E-state index is 5.80. The van der Waals surface area contributed by atoms with E-state index in [1.807, 2.05) is 0 Å². The first-order valence-electron chi connectivity index (χ1n) is 6.69. The van der Waals surface area contributed by atoms with Crippen LogP contribution >= 0.6 is 11.8 Å². The third kappa shape index (κ3) is 2.29. The summed E-state index contributed by atoms with van der Waals surface area (Å²) >= 11 is 1.52. The molecule has 3 aromatic rings. The topological polar surface area (TPSA) is 89.7 Å². The van der Waals surface area contributed by atoms with E-state index >= 15 is 0 Å². The van der Waals surface area contributed by atoms with E-state index in [0.29, 0.717) is 17.0 Å². The Morgan fingerprint density at radius 3 is 3.14 bits per heavy atom. The van der Waals surface area contributed by atoms with Crippen molar-refractivity contribution in [3.05, 3.63) is 30.1 Å². The molecule has 0 bridgehead atoms. The monoisotopic (exact) mass is 299 g/mol. The number of aromatic amines is 1. The highest BCUT2D eigenvalue weighted by Crippen LogP contribution is 2.33. The van der Waals surface area contributed by atoms with Crippen molar-refractivity contribution in [1.82, 2.24) is 19.9 Å². The number of rotatable bonds is 2. The van der Waals surface area contributed by atoms with Gasteiger partial charge in [-0.3, -0.25) is 0 Å². The first kappa shape index (κ1) is 12.5. The maximum Gasteiger partial charge on any atom is 0.183 e. The SMILES string of the molecule is Nc1ncnc2nc(Sc3ccc4c(c3)OCCC4)[nH]c12. The smallest absolute Gasteiger partial charge is 0.183 e. The van der Waals surface area contributed by atoms with Gasteiger partial charge in [0.15, 0.2) is 16.6 Å². The fourth-order valence-electron chi connectivity index (χ4n) is 2.37. The lowest BCUT2D eigenvalue weighted by Gasteiger charge is -2.17. The molecule has 4 rings (SSSR count). The van der Waals surface area contributed by atoms with E-state index in [9.17, 15) is 0 Å². The van der Waals surface area contributed by atoms with Gasteiger partial charge in [0.2, 0.25) is 0 Å². The second-order valence-electron chi connectivity index (χ2n) is 4.82. The number of anilines is 1. The largest absolute Gasteiger partial charge is 0.493 e. The molecule has 3 heterocycles. The van der Waals surface area contributed by atoms with Crippen molar-refractivity contribution in [3.8, 4) is 5.75 Å². The van der Waals surface area contributed by atoms with Gasteiger partial charge in [0.25, 0.3) is 0 Å². The minimum atomic E-state index is 0.410. The third-order valence-electron chi connectivity index (χ3n) is 3.40. The summed E-state index contributed by atoms with van der Waals surface area (Å²) in [5, 5.41) is 0.743. The zero-order valence-electron chi connectivity index (χ0n) is 11.2. The zero-order valence-corrected chi connectivity index (χ0v) is 12.0. The molecule has 21 heavy (non-hydrogen) atoms. The van der Waals surface area contributed by atoms with Crippen molar-refractivity contribution in [2.24, 2.45) is 0 Å². The molecule has 7 heteroatoms. The van der Waals surface area contributed by atoms with Crippen molar-refractivity contribution in [3.63, 3.8) is 0 Å². The summed E-state index contributed by atoms with van der Waals surface area (Å²) in [5.41, 5.74) is 8.33. The molecule has 6 nitrogen and oxygen atoms in total. The molecule has 0 saturated carbocycles. The van der Waals surface area contributed by atoms with Crippen LogP contribution in [0.2, 0.25) is 0 Å². The van der Waals surface area contributed by atoms with Crippen LogP contribution < -0.4 is 10.5 Å². The number of imidazole rings is 1. The molecule has 0 atom stereocenters. The van der Waals surface area contributed by atoms with Crippen molar-refractivity contribution in [2.75, 3.05) is 12.3 Å². The first-order valence-corrected chi connectivity index (χ1v) is 7.51. The minimum absolute atomic E-state index is 0.410. The van der Waals surface area contributed by atoms with Crippen LogP contribution in [0.4, 0.5) is 5.82 Å². The molecule has 106 valence electrons. The quantitative estimate of drug-likeness (QED) is 0.755.